The molecule has 1 N–H and O–H groups in total. The van der Waals surface area contributed by atoms with Crippen LogP contribution in [0, 0.1) is 0 Å². The number of nitrogens with one attached hydrogen (secondary N) is 1. The number of alkyl halides is 4. The van der Waals surface area contributed by atoms with Crippen LogP contribution in [0.5, 0.6) is 0 Å². The summed E-state index contributed by atoms with van der Waals surface area (Å²) in [5.41, 5.74) is -0.942. The maximum absolute atomic E-state index is 12.8. The van der Waals surface area contributed by atoms with Gasteiger partial charge in [0, 0.05) is 12.3 Å². The Morgan fingerprint density at radius 3 is 2.63 bits per heavy atom. The molecule has 0 saturated heterocycles. The van der Waals surface area contributed by atoms with E-state index >= 15 is 0 Å². The fourth-order valence-electron chi connectivity index (χ4n) is 1.44. The molecule has 1 aromatic heterocycles. The van der Waals surface area contributed by atoms with E-state index in [0.717, 1.165) is 6.07 Å². The molecule has 4 nitrogen and oxygen atoms in total. The summed E-state index contributed by atoms with van der Waals surface area (Å²) < 4.78 is 43.4. The molecule has 19 heavy (non-hydrogen) atoms. The van der Waals surface area contributed by atoms with Crippen molar-refractivity contribution in [3.05, 3.63) is 35.7 Å². The van der Waals surface area contributed by atoms with E-state index in [0.29, 0.717) is 12.3 Å². The van der Waals surface area contributed by atoms with Crippen LogP contribution in [0.1, 0.15) is 11.5 Å². The maximum Gasteiger partial charge on any atom is 0.418 e. The van der Waals surface area contributed by atoms with Crippen LogP contribution in [0.2, 0.25) is 0 Å². The first-order valence-corrected chi connectivity index (χ1v) is 5.86. The summed E-state index contributed by atoms with van der Waals surface area (Å²) in [6.45, 7) is 0. The van der Waals surface area contributed by atoms with E-state index in [9.17, 15) is 13.2 Å². The van der Waals surface area contributed by atoms with Crippen molar-refractivity contribution in [3.8, 4) is 0 Å². The van der Waals surface area contributed by atoms with Crippen molar-refractivity contribution in [1.82, 2.24) is 10.2 Å². The van der Waals surface area contributed by atoms with Gasteiger partial charge in [-0.3, -0.25) is 0 Å². The number of aryl methyl sites for hydroxylation is 1. The van der Waals surface area contributed by atoms with Gasteiger partial charge in [0.25, 0.3) is 0 Å². The molecule has 8 heteroatoms. The van der Waals surface area contributed by atoms with Gasteiger partial charge in [-0.1, -0.05) is 17.2 Å². The Hall–Kier alpha value is -1.76. The lowest BCUT2D eigenvalue weighted by atomic mass is 10.2. The van der Waals surface area contributed by atoms with E-state index < -0.39 is 11.7 Å². The Bertz CT molecular complexity index is 556. The fraction of sp³-hybridized carbons (Fsp3) is 0.273. The molecule has 0 unspecified atom stereocenters. The molecule has 0 radical (unpaired) electrons. The smallest absolute Gasteiger partial charge is 0.408 e. The van der Waals surface area contributed by atoms with Crippen molar-refractivity contribution in [3.63, 3.8) is 0 Å². The topological polar surface area (TPSA) is 51.0 Å². The second-order valence-electron chi connectivity index (χ2n) is 3.61. The van der Waals surface area contributed by atoms with Gasteiger partial charge in [-0.15, -0.1) is 16.7 Å². The van der Waals surface area contributed by atoms with Crippen molar-refractivity contribution in [1.29, 1.82) is 0 Å². The molecule has 0 aliphatic rings. The highest BCUT2D eigenvalue weighted by atomic mass is 35.5. The summed E-state index contributed by atoms with van der Waals surface area (Å²) in [7, 11) is 0. The molecule has 2 rings (SSSR count). The molecule has 0 saturated carbocycles. The van der Waals surface area contributed by atoms with Gasteiger partial charge in [0.05, 0.1) is 11.3 Å². The zero-order valence-electron chi connectivity index (χ0n) is 9.54. The second kappa shape index (κ2) is 5.48. The van der Waals surface area contributed by atoms with E-state index in [1.165, 1.54) is 18.2 Å². The summed E-state index contributed by atoms with van der Waals surface area (Å²) in [6, 6.07) is 4.94. The Morgan fingerprint density at radius 2 is 1.95 bits per heavy atom. The van der Waals surface area contributed by atoms with Gasteiger partial charge in [-0.25, -0.2) is 0 Å². The van der Waals surface area contributed by atoms with E-state index in [2.05, 4.69) is 15.5 Å². The van der Waals surface area contributed by atoms with Crippen LogP contribution < -0.4 is 5.32 Å². The van der Waals surface area contributed by atoms with Gasteiger partial charge in [0.1, 0.15) is 0 Å². The minimum absolute atomic E-state index is 0.100. The van der Waals surface area contributed by atoms with Crippen molar-refractivity contribution in [2.24, 2.45) is 0 Å². The number of anilines is 2. The average Bonchev–Trinajstić information content (AvgIpc) is 2.76. The van der Waals surface area contributed by atoms with Crippen molar-refractivity contribution < 1.29 is 17.6 Å². The maximum atomic E-state index is 12.8. The van der Waals surface area contributed by atoms with Crippen molar-refractivity contribution >= 4 is 23.3 Å². The van der Waals surface area contributed by atoms with Crippen LogP contribution in [0.15, 0.2) is 28.7 Å². The zero-order chi connectivity index (χ0) is 13.9. The minimum Gasteiger partial charge on any atom is -0.408 e. The molecule has 102 valence electrons. The van der Waals surface area contributed by atoms with Gasteiger partial charge >= 0.3 is 12.2 Å². The van der Waals surface area contributed by atoms with Crippen LogP contribution in [0.3, 0.4) is 0 Å². The van der Waals surface area contributed by atoms with Gasteiger partial charge < -0.3 is 9.73 Å². The highest BCUT2D eigenvalue weighted by molar-refractivity contribution is 6.17. The summed E-state index contributed by atoms with van der Waals surface area (Å²) in [5, 5.41) is 9.70. The van der Waals surface area contributed by atoms with Crippen molar-refractivity contribution in [2.45, 2.75) is 12.6 Å². The molecular weight excluding hydrogens is 283 g/mol. The SMILES string of the molecule is FC(F)(F)c1ccccc1Nc1nnc(CCCl)o1. The molecule has 0 aliphatic carbocycles. The Morgan fingerprint density at radius 1 is 1.21 bits per heavy atom. The van der Waals surface area contributed by atoms with Crippen LogP contribution in [-0.2, 0) is 12.6 Å². The van der Waals surface area contributed by atoms with Crippen LogP contribution in [-0.4, -0.2) is 16.1 Å². The number of hydrogen-bond donors (Lipinski definition) is 1. The average molecular weight is 292 g/mol. The third kappa shape index (κ3) is 3.37. The summed E-state index contributed by atoms with van der Waals surface area (Å²) >= 11 is 5.49. The van der Waals surface area contributed by atoms with E-state index in [-0.39, 0.29) is 17.6 Å². The van der Waals surface area contributed by atoms with Crippen LogP contribution >= 0.6 is 11.6 Å². The molecule has 0 aliphatic heterocycles. The number of rotatable bonds is 4. The van der Waals surface area contributed by atoms with E-state index in [1.54, 1.807) is 0 Å². The monoisotopic (exact) mass is 291 g/mol. The zero-order valence-corrected chi connectivity index (χ0v) is 10.3. The summed E-state index contributed by atoms with van der Waals surface area (Å²) in [5.74, 6) is 0.558. The predicted octanol–water partition coefficient (Wildman–Crippen LogP) is 3.61. The lowest BCUT2D eigenvalue weighted by molar-refractivity contribution is -0.136. The first kappa shape index (κ1) is 13.7. The van der Waals surface area contributed by atoms with Gasteiger partial charge in [0.15, 0.2) is 0 Å². The number of hydrogen-bond acceptors (Lipinski definition) is 4. The normalized spacial score (nSPS) is 11.6. The first-order chi connectivity index (χ1) is 9.00. The third-order valence-corrected chi connectivity index (χ3v) is 2.44. The second-order valence-corrected chi connectivity index (χ2v) is 3.99. The minimum atomic E-state index is -4.46. The molecule has 0 fully saturated rings. The Balaban J connectivity index is 2.23. The predicted molar refractivity (Wildman–Crippen MR) is 63.4 cm³/mol. The summed E-state index contributed by atoms with van der Waals surface area (Å²) in [6.07, 6.45) is -4.10. The molecule has 0 spiro atoms. The molecule has 1 heterocycles. The molecule has 0 atom stereocenters. The van der Waals surface area contributed by atoms with Crippen LogP contribution in [0.25, 0.3) is 0 Å². The molecule has 0 amide bonds. The number of nitrogens with zero attached hydrogens (tertiary/aromatic N) is 2. The highest BCUT2D eigenvalue weighted by Gasteiger charge is 2.33. The molecule has 1 aromatic carbocycles. The number of halogens is 4. The third-order valence-electron chi connectivity index (χ3n) is 2.25. The largest absolute Gasteiger partial charge is 0.418 e. The van der Waals surface area contributed by atoms with Gasteiger partial charge in [-0.05, 0) is 12.1 Å². The lowest BCUT2D eigenvalue weighted by Crippen LogP contribution is -2.08. The Labute approximate surface area is 111 Å². The number of para-hydroxylation sites is 1. The Kier molecular flexibility index (Phi) is 3.94. The van der Waals surface area contributed by atoms with Crippen molar-refractivity contribution in [2.75, 3.05) is 11.2 Å². The van der Waals surface area contributed by atoms with Gasteiger partial charge in [0.2, 0.25) is 5.89 Å². The number of aromatic nitrogens is 2. The first-order valence-electron chi connectivity index (χ1n) is 5.32. The standard InChI is InChI=1S/C11H9ClF3N3O/c12-6-5-9-17-18-10(19-9)16-8-4-2-1-3-7(8)11(13,14)15/h1-4H,5-6H2,(H,16,18). The molecule has 0 bridgehead atoms. The van der Waals surface area contributed by atoms with E-state index in [1.807, 2.05) is 0 Å². The molecule has 2 aromatic rings. The number of benzene rings is 1. The summed E-state index contributed by atoms with van der Waals surface area (Å²) in [4.78, 5) is 0. The van der Waals surface area contributed by atoms with Crippen LogP contribution in [0.4, 0.5) is 24.9 Å². The fourth-order valence-corrected chi connectivity index (χ4v) is 1.60. The quantitative estimate of drug-likeness (QED) is 0.874. The van der Waals surface area contributed by atoms with Gasteiger partial charge in [-0.2, -0.15) is 13.2 Å². The highest BCUT2D eigenvalue weighted by Crippen LogP contribution is 2.35. The molecular formula is C11H9ClF3N3O. The van der Waals surface area contributed by atoms with E-state index in [4.69, 9.17) is 16.0 Å². The lowest BCUT2D eigenvalue weighted by Gasteiger charge is -2.11.